The second-order valence-electron chi connectivity index (χ2n) is 7.77. The van der Waals surface area contributed by atoms with Gasteiger partial charge < -0.3 is 24.1 Å². The summed E-state index contributed by atoms with van der Waals surface area (Å²) in [5.41, 5.74) is 1.21. The first-order chi connectivity index (χ1) is 14.6. The molecular weight excluding hydrogens is 384 g/mol. The number of aliphatic carboxylic acids is 1. The lowest BCUT2D eigenvalue weighted by atomic mass is 9.63. The van der Waals surface area contributed by atoms with Gasteiger partial charge in [0.05, 0.1) is 31.8 Å². The molecule has 0 aliphatic heterocycles. The zero-order chi connectivity index (χ0) is 21.4. The predicted molar refractivity (Wildman–Crippen MR) is 113 cm³/mol. The van der Waals surface area contributed by atoms with E-state index < -0.39 is 11.4 Å². The molecule has 1 aliphatic carbocycles. The first-order valence-electron chi connectivity index (χ1n) is 10.2. The van der Waals surface area contributed by atoms with Crippen molar-refractivity contribution in [2.75, 3.05) is 27.4 Å². The lowest BCUT2D eigenvalue weighted by molar-refractivity contribution is -0.168. The summed E-state index contributed by atoms with van der Waals surface area (Å²) in [4.78, 5) is 12.1. The summed E-state index contributed by atoms with van der Waals surface area (Å²) in [5, 5.41) is 9.89. The van der Waals surface area contributed by atoms with Gasteiger partial charge in [0.2, 0.25) is 0 Å². The van der Waals surface area contributed by atoms with E-state index in [0.717, 1.165) is 17.5 Å². The standard InChI is InChI=1S/C24H30O6/c1-27-11-6-12-29-22-13-19(9-10-21(22)28-2)14-24(23(25)26)15-20(16-24)30-17-18-7-4-3-5-8-18/h3-5,7-10,13,20H,6,11-12,14-17H2,1-2H3,(H,25,26). The molecule has 1 saturated carbocycles. The van der Waals surface area contributed by atoms with Gasteiger partial charge in [0, 0.05) is 20.1 Å². The number of carboxylic acid groups (broad SMARTS) is 1. The topological polar surface area (TPSA) is 74.2 Å². The van der Waals surface area contributed by atoms with Gasteiger partial charge in [0.25, 0.3) is 0 Å². The molecule has 0 heterocycles. The fourth-order valence-corrected chi connectivity index (χ4v) is 3.83. The van der Waals surface area contributed by atoms with Crippen molar-refractivity contribution in [2.24, 2.45) is 5.41 Å². The molecule has 6 nitrogen and oxygen atoms in total. The molecule has 162 valence electrons. The normalized spacial score (nSPS) is 20.4. The van der Waals surface area contributed by atoms with Gasteiger partial charge in [0.15, 0.2) is 11.5 Å². The quantitative estimate of drug-likeness (QED) is 0.527. The molecule has 0 bridgehead atoms. The number of carbonyl (C=O) groups is 1. The number of hydrogen-bond donors (Lipinski definition) is 1. The maximum absolute atomic E-state index is 12.1. The summed E-state index contributed by atoms with van der Waals surface area (Å²) < 4.78 is 22.2. The minimum absolute atomic E-state index is 0.0377. The van der Waals surface area contributed by atoms with E-state index in [2.05, 4.69) is 0 Å². The summed E-state index contributed by atoms with van der Waals surface area (Å²) in [6.07, 6.45) is 2.18. The van der Waals surface area contributed by atoms with Crippen molar-refractivity contribution < 1.29 is 28.8 Å². The summed E-state index contributed by atoms with van der Waals surface area (Å²) in [7, 11) is 3.25. The van der Waals surface area contributed by atoms with Gasteiger partial charge in [-0.3, -0.25) is 4.79 Å². The summed E-state index contributed by atoms with van der Waals surface area (Å²) in [6, 6.07) is 15.5. The van der Waals surface area contributed by atoms with Crippen LogP contribution in [0.15, 0.2) is 48.5 Å². The van der Waals surface area contributed by atoms with Gasteiger partial charge in [-0.25, -0.2) is 0 Å². The van der Waals surface area contributed by atoms with E-state index in [9.17, 15) is 9.90 Å². The summed E-state index contributed by atoms with van der Waals surface area (Å²) in [5.74, 6) is 0.488. The Kier molecular flexibility index (Phi) is 7.71. The third kappa shape index (κ3) is 5.52. The van der Waals surface area contributed by atoms with E-state index in [-0.39, 0.29) is 6.10 Å². The number of ether oxygens (including phenoxy) is 4. The summed E-state index contributed by atoms with van der Waals surface area (Å²) >= 11 is 0. The molecule has 1 aliphatic rings. The maximum Gasteiger partial charge on any atom is 0.310 e. The minimum Gasteiger partial charge on any atom is -0.493 e. The third-order valence-electron chi connectivity index (χ3n) is 5.54. The van der Waals surface area contributed by atoms with Crippen LogP contribution in [-0.4, -0.2) is 44.6 Å². The zero-order valence-electron chi connectivity index (χ0n) is 17.6. The van der Waals surface area contributed by atoms with Crippen LogP contribution in [0, 0.1) is 5.41 Å². The molecule has 6 heteroatoms. The second kappa shape index (κ2) is 10.5. The first-order valence-corrected chi connectivity index (χ1v) is 10.2. The fraction of sp³-hybridized carbons (Fsp3) is 0.458. The number of benzene rings is 2. The SMILES string of the molecule is COCCCOc1cc(CC2(C(=O)O)CC(OCc3ccccc3)C2)ccc1OC. The Bertz CT molecular complexity index is 814. The van der Waals surface area contributed by atoms with E-state index in [0.29, 0.717) is 50.6 Å². The molecule has 0 atom stereocenters. The lowest BCUT2D eigenvalue weighted by Crippen LogP contribution is -2.49. The van der Waals surface area contributed by atoms with E-state index >= 15 is 0 Å². The molecule has 0 saturated heterocycles. The molecule has 1 fully saturated rings. The molecular formula is C24H30O6. The third-order valence-corrected chi connectivity index (χ3v) is 5.54. The van der Waals surface area contributed by atoms with Crippen LogP contribution in [0.4, 0.5) is 0 Å². The Morgan fingerprint density at radius 1 is 1.03 bits per heavy atom. The molecule has 0 amide bonds. The number of carboxylic acids is 1. The monoisotopic (exact) mass is 414 g/mol. The molecule has 2 aromatic carbocycles. The smallest absolute Gasteiger partial charge is 0.310 e. The average Bonchev–Trinajstić information content (AvgIpc) is 2.73. The highest BCUT2D eigenvalue weighted by atomic mass is 16.5. The van der Waals surface area contributed by atoms with Crippen LogP contribution in [0.5, 0.6) is 11.5 Å². The van der Waals surface area contributed by atoms with Gasteiger partial charge in [-0.05, 0) is 42.5 Å². The Morgan fingerprint density at radius 3 is 2.47 bits per heavy atom. The lowest BCUT2D eigenvalue weighted by Gasteiger charge is -2.44. The minimum atomic E-state index is -0.802. The second-order valence-corrected chi connectivity index (χ2v) is 7.77. The van der Waals surface area contributed by atoms with Crippen LogP contribution < -0.4 is 9.47 Å². The van der Waals surface area contributed by atoms with Crippen LogP contribution in [0.3, 0.4) is 0 Å². The molecule has 0 unspecified atom stereocenters. The highest BCUT2D eigenvalue weighted by Crippen LogP contribution is 2.46. The molecule has 0 aromatic heterocycles. The van der Waals surface area contributed by atoms with E-state index in [1.165, 1.54) is 0 Å². The van der Waals surface area contributed by atoms with Gasteiger partial charge >= 0.3 is 5.97 Å². The van der Waals surface area contributed by atoms with Gasteiger partial charge in [0.1, 0.15) is 0 Å². The van der Waals surface area contributed by atoms with Crippen LogP contribution in [0.1, 0.15) is 30.4 Å². The van der Waals surface area contributed by atoms with Crippen LogP contribution in [0.2, 0.25) is 0 Å². The van der Waals surface area contributed by atoms with Crippen molar-refractivity contribution in [3.8, 4) is 11.5 Å². The highest BCUT2D eigenvalue weighted by molar-refractivity contribution is 5.76. The van der Waals surface area contributed by atoms with Crippen molar-refractivity contribution in [3.05, 3.63) is 59.7 Å². The Balaban J connectivity index is 1.60. The van der Waals surface area contributed by atoms with E-state index in [1.54, 1.807) is 14.2 Å². The maximum atomic E-state index is 12.1. The zero-order valence-corrected chi connectivity index (χ0v) is 17.6. The van der Waals surface area contributed by atoms with Gasteiger partial charge in [-0.15, -0.1) is 0 Å². The van der Waals surface area contributed by atoms with Crippen LogP contribution in [-0.2, 0) is 27.3 Å². The predicted octanol–water partition coefficient (Wildman–Crippen LogP) is 4.10. The summed E-state index contributed by atoms with van der Waals surface area (Å²) in [6.45, 7) is 1.63. The Labute approximate surface area is 177 Å². The van der Waals surface area contributed by atoms with Gasteiger partial charge in [-0.1, -0.05) is 36.4 Å². The molecule has 0 spiro atoms. The highest BCUT2D eigenvalue weighted by Gasteiger charge is 2.51. The van der Waals surface area contributed by atoms with Crippen molar-refractivity contribution in [1.29, 1.82) is 0 Å². The largest absolute Gasteiger partial charge is 0.493 e. The van der Waals surface area contributed by atoms with Gasteiger partial charge in [-0.2, -0.15) is 0 Å². The fourth-order valence-electron chi connectivity index (χ4n) is 3.83. The molecule has 0 radical (unpaired) electrons. The Hall–Kier alpha value is -2.57. The molecule has 30 heavy (non-hydrogen) atoms. The first kappa shape index (κ1) is 22.1. The molecule has 1 N–H and O–H groups in total. The molecule has 3 rings (SSSR count). The Morgan fingerprint density at radius 2 is 1.80 bits per heavy atom. The van der Waals surface area contributed by atoms with E-state index in [1.807, 2.05) is 48.5 Å². The van der Waals surface area contributed by atoms with Crippen molar-refractivity contribution in [1.82, 2.24) is 0 Å². The van der Waals surface area contributed by atoms with Crippen molar-refractivity contribution in [2.45, 2.75) is 38.4 Å². The van der Waals surface area contributed by atoms with Crippen LogP contribution in [0.25, 0.3) is 0 Å². The number of hydrogen-bond acceptors (Lipinski definition) is 5. The number of methoxy groups -OCH3 is 2. The van der Waals surface area contributed by atoms with Crippen molar-refractivity contribution >= 4 is 5.97 Å². The van der Waals surface area contributed by atoms with E-state index in [4.69, 9.17) is 18.9 Å². The van der Waals surface area contributed by atoms with Crippen molar-refractivity contribution in [3.63, 3.8) is 0 Å². The molecule has 2 aromatic rings. The van der Waals surface area contributed by atoms with Crippen LogP contribution >= 0.6 is 0 Å². The number of rotatable bonds is 12. The average molecular weight is 414 g/mol.